The maximum atomic E-state index is 6.06. The Kier molecular flexibility index (Phi) is 1.73. The van der Waals surface area contributed by atoms with Gasteiger partial charge in [-0.25, -0.2) is 0 Å². The molecule has 0 unspecified atom stereocenters. The molecule has 71 valence electrons. The standard InChI is InChI=1S/C13H10NSi/c14-13-11-7-8-3-1-2-4-9(8)10(11)5-6-12(13)15/h1-6H,7,14H2. The maximum Gasteiger partial charge on any atom is 0.0741 e. The molecule has 0 bridgehead atoms. The second-order valence-corrected chi connectivity index (χ2v) is 4.43. The third-order valence-corrected chi connectivity index (χ3v) is 3.47. The summed E-state index contributed by atoms with van der Waals surface area (Å²) in [5.41, 5.74) is 12.2. The van der Waals surface area contributed by atoms with Crippen LogP contribution in [0, 0.1) is 0 Å². The molecule has 0 spiro atoms. The lowest BCUT2D eigenvalue weighted by molar-refractivity contribution is 1.27. The van der Waals surface area contributed by atoms with Crippen molar-refractivity contribution in [2.24, 2.45) is 0 Å². The van der Waals surface area contributed by atoms with E-state index in [-0.39, 0.29) is 0 Å². The largest absolute Gasteiger partial charge is 0.399 e. The lowest BCUT2D eigenvalue weighted by atomic mass is 10.1. The van der Waals surface area contributed by atoms with Crippen LogP contribution in [-0.2, 0) is 6.42 Å². The van der Waals surface area contributed by atoms with Crippen LogP contribution in [0.3, 0.4) is 0 Å². The number of nitrogens with two attached hydrogens (primary N) is 1. The Morgan fingerprint density at radius 1 is 1.00 bits per heavy atom. The van der Waals surface area contributed by atoms with Gasteiger partial charge in [-0.1, -0.05) is 36.4 Å². The summed E-state index contributed by atoms with van der Waals surface area (Å²) < 4.78 is 0. The molecule has 0 aromatic heterocycles. The Labute approximate surface area is 92.4 Å². The van der Waals surface area contributed by atoms with Crippen molar-refractivity contribution in [3.63, 3.8) is 0 Å². The van der Waals surface area contributed by atoms with E-state index >= 15 is 0 Å². The van der Waals surface area contributed by atoms with Crippen molar-refractivity contribution in [2.45, 2.75) is 6.42 Å². The zero-order chi connectivity index (χ0) is 10.4. The lowest BCUT2D eigenvalue weighted by Crippen LogP contribution is -2.11. The van der Waals surface area contributed by atoms with Gasteiger partial charge in [0.05, 0.1) is 10.2 Å². The van der Waals surface area contributed by atoms with Crippen LogP contribution in [0.1, 0.15) is 11.1 Å². The van der Waals surface area contributed by atoms with Crippen LogP contribution in [0.2, 0.25) is 0 Å². The zero-order valence-electron chi connectivity index (χ0n) is 8.25. The van der Waals surface area contributed by atoms with Crippen LogP contribution in [-0.4, -0.2) is 10.2 Å². The van der Waals surface area contributed by atoms with Crippen LogP contribution < -0.4 is 10.9 Å². The lowest BCUT2D eigenvalue weighted by Gasteiger charge is -2.06. The fourth-order valence-electron chi connectivity index (χ4n) is 2.24. The molecule has 2 heteroatoms. The molecule has 0 saturated heterocycles. The van der Waals surface area contributed by atoms with Crippen molar-refractivity contribution in [3.05, 3.63) is 47.5 Å². The molecule has 1 aliphatic rings. The summed E-state index contributed by atoms with van der Waals surface area (Å²) in [7, 11) is 3.52. The van der Waals surface area contributed by atoms with Crippen LogP contribution in [0.15, 0.2) is 36.4 Å². The van der Waals surface area contributed by atoms with Crippen molar-refractivity contribution in [1.82, 2.24) is 0 Å². The highest BCUT2D eigenvalue weighted by atomic mass is 28.1. The first kappa shape index (κ1) is 8.74. The van der Waals surface area contributed by atoms with E-state index in [0.29, 0.717) is 0 Å². The van der Waals surface area contributed by atoms with Crippen molar-refractivity contribution in [1.29, 1.82) is 0 Å². The monoisotopic (exact) mass is 208 g/mol. The first-order valence-electron chi connectivity index (χ1n) is 4.98. The average molecular weight is 208 g/mol. The molecule has 2 N–H and O–H groups in total. The number of anilines is 1. The number of rotatable bonds is 0. The van der Waals surface area contributed by atoms with Crippen LogP contribution in [0.4, 0.5) is 5.69 Å². The van der Waals surface area contributed by atoms with E-state index in [1.807, 2.05) is 6.07 Å². The van der Waals surface area contributed by atoms with E-state index in [1.165, 1.54) is 22.3 Å². The highest BCUT2D eigenvalue weighted by molar-refractivity contribution is 6.36. The minimum absolute atomic E-state index is 0.875. The van der Waals surface area contributed by atoms with Crippen molar-refractivity contribution < 1.29 is 0 Å². The zero-order valence-corrected chi connectivity index (χ0v) is 9.25. The highest BCUT2D eigenvalue weighted by Gasteiger charge is 2.20. The number of benzene rings is 2. The van der Waals surface area contributed by atoms with E-state index in [9.17, 15) is 0 Å². The molecule has 0 heterocycles. The van der Waals surface area contributed by atoms with Crippen LogP contribution in [0.5, 0.6) is 0 Å². The Morgan fingerprint density at radius 3 is 2.67 bits per heavy atom. The van der Waals surface area contributed by atoms with Gasteiger partial charge in [-0.05, 0) is 27.4 Å². The van der Waals surface area contributed by atoms with E-state index in [1.54, 1.807) is 0 Å². The van der Waals surface area contributed by atoms with Gasteiger partial charge in [0, 0.05) is 12.1 Å². The molecule has 0 fully saturated rings. The summed E-state index contributed by atoms with van der Waals surface area (Å²) in [6, 6.07) is 12.6. The van der Waals surface area contributed by atoms with E-state index in [4.69, 9.17) is 5.73 Å². The third-order valence-electron chi connectivity index (χ3n) is 3.03. The Morgan fingerprint density at radius 2 is 1.80 bits per heavy atom. The SMILES string of the molecule is Nc1c([Si])ccc2c1Cc1ccccc1-2. The topological polar surface area (TPSA) is 26.0 Å². The van der Waals surface area contributed by atoms with Gasteiger partial charge in [-0.15, -0.1) is 0 Å². The molecule has 2 aromatic carbocycles. The molecule has 1 aliphatic carbocycles. The summed E-state index contributed by atoms with van der Waals surface area (Å²) in [6.45, 7) is 0. The second kappa shape index (κ2) is 2.97. The van der Waals surface area contributed by atoms with E-state index in [2.05, 4.69) is 40.6 Å². The number of nitrogen functional groups attached to an aromatic ring is 1. The maximum absolute atomic E-state index is 6.06. The Bertz CT molecular complexity index is 546. The molecule has 0 aliphatic heterocycles. The predicted molar refractivity (Wildman–Crippen MR) is 64.5 cm³/mol. The van der Waals surface area contributed by atoms with Gasteiger partial charge in [0.2, 0.25) is 0 Å². The summed E-state index contributed by atoms with van der Waals surface area (Å²) in [5.74, 6) is 0. The van der Waals surface area contributed by atoms with Crippen molar-refractivity contribution in [2.75, 3.05) is 5.73 Å². The van der Waals surface area contributed by atoms with Gasteiger partial charge in [-0.2, -0.15) is 0 Å². The smallest absolute Gasteiger partial charge is 0.0741 e. The first-order valence-corrected chi connectivity index (χ1v) is 5.48. The van der Waals surface area contributed by atoms with Crippen LogP contribution in [0.25, 0.3) is 11.1 Å². The average Bonchev–Trinajstić information content (AvgIpc) is 2.63. The molecule has 3 rings (SSSR count). The highest BCUT2D eigenvalue weighted by Crippen LogP contribution is 2.38. The fourth-order valence-corrected chi connectivity index (χ4v) is 2.47. The van der Waals surface area contributed by atoms with Gasteiger partial charge in [0.1, 0.15) is 0 Å². The van der Waals surface area contributed by atoms with Gasteiger partial charge in [0.25, 0.3) is 0 Å². The Balaban J connectivity index is 2.31. The fraction of sp³-hybridized carbons (Fsp3) is 0.0769. The molecule has 1 nitrogen and oxygen atoms in total. The van der Waals surface area contributed by atoms with Gasteiger partial charge in [0.15, 0.2) is 0 Å². The summed E-state index contributed by atoms with van der Waals surface area (Å²) in [5, 5.41) is 0.988. The number of fused-ring (bicyclic) bond motifs is 3. The molecular weight excluding hydrogens is 198 g/mol. The van der Waals surface area contributed by atoms with Gasteiger partial charge >= 0.3 is 0 Å². The number of hydrogen-bond donors (Lipinski definition) is 1. The molecule has 3 radical (unpaired) electrons. The van der Waals surface area contributed by atoms with E-state index < -0.39 is 0 Å². The van der Waals surface area contributed by atoms with Crippen molar-refractivity contribution in [3.8, 4) is 11.1 Å². The molecule has 2 aromatic rings. The van der Waals surface area contributed by atoms with E-state index in [0.717, 1.165) is 17.3 Å². The summed E-state index contributed by atoms with van der Waals surface area (Å²) >= 11 is 0. The molecule has 0 amide bonds. The Hall–Kier alpha value is -1.54. The minimum Gasteiger partial charge on any atom is -0.399 e. The summed E-state index contributed by atoms with van der Waals surface area (Å²) in [4.78, 5) is 0. The van der Waals surface area contributed by atoms with Crippen molar-refractivity contribution >= 4 is 21.1 Å². The van der Waals surface area contributed by atoms with Gasteiger partial charge < -0.3 is 5.73 Å². The normalized spacial score (nSPS) is 12.3. The van der Waals surface area contributed by atoms with Crippen LogP contribution >= 0.6 is 0 Å². The first-order chi connectivity index (χ1) is 7.27. The summed E-state index contributed by atoms with van der Waals surface area (Å²) in [6.07, 6.45) is 0.954. The molecule has 15 heavy (non-hydrogen) atoms. The minimum atomic E-state index is 0.875. The number of hydrogen-bond acceptors (Lipinski definition) is 1. The second-order valence-electron chi connectivity index (χ2n) is 3.89. The quantitative estimate of drug-likeness (QED) is 0.441. The molecular formula is C13H10NSi. The molecule has 0 saturated carbocycles. The molecule has 0 atom stereocenters. The third kappa shape index (κ3) is 1.15. The van der Waals surface area contributed by atoms with Gasteiger partial charge in [-0.3, -0.25) is 0 Å². The predicted octanol–water partition coefficient (Wildman–Crippen LogP) is 1.63.